The molecule has 0 aliphatic rings. The Morgan fingerprint density at radius 3 is 2.79 bits per heavy atom. The minimum absolute atomic E-state index is 0.0788. The molecule has 0 spiro atoms. The lowest BCUT2D eigenvalue weighted by atomic mass is 10.4. The van der Waals surface area contributed by atoms with E-state index in [2.05, 4.69) is 6.58 Å². The number of esters is 1. The van der Waals surface area contributed by atoms with Crippen LogP contribution in [-0.2, 0) is 19.0 Å². The Kier molecular flexibility index (Phi) is 8.17. The van der Waals surface area contributed by atoms with Gasteiger partial charge in [0.05, 0.1) is 25.9 Å². The van der Waals surface area contributed by atoms with Crippen LogP contribution >= 0.6 is 0 Å². The van der Waals surface area contributed by atoms with Crippen LogP contribution in [0.1, 0.15) is 13.3 Å². The second-order valence-corrected chi connectivity index (χ2v) is 2.86. The molecule has 14 heavy (non-hydrogen) atoms. The number of hydrogen-bond acceptors (Lipinski definition) is 4. The minimum Gasteiger partial charge on any atom is -0.462 e. The molecule has 0 bridgehead atoms. The number of methoxy groups -OCH3 is 1. The lowest BCUT2D eigenvalue weighted by molar-refractivity contribution is -0.138. The van der Waals surface area contributed by atoms with Crippen LogP contribution in [-0.4, -0.2) is 39.0 Å². The van der Waals surface area contributed by atoms with Crippen LogP contribution in [0, 0.1) is 0 Å². The van der Waals surface area contributed by atoms with E-state index >= 15 is 0 Å². The van der Waals surface area contributed by atoms with Gasteiger partial charge in [-0.15, -0.1) is 0 Å². The Balaban J connectivity index is 3.20. The van der Waals surface area contributed by atoms with Gasteiger partial charge in [-0.05, 0) is 6.92 Å². The molecule has 0 heterocycles. The van der Waals surface area contributed by atoms with E-state index in [0.717, 1.165) is 6.08 Å². The quantitative estimate of drug-likeness (QED) is 0.336. The maximum Gasteiger partial charge on any atom is 0.330 e. The van der Waals surface area contributed by atoms with Crippen molar-refractivity contribution in [1.82, 2.24) is 0 Å². The lowest BCUT2D eigenvalue weighted by Crippen LogP contribution is -2.16. The van der Waals surface area contributed by atoms with E-state index in [1.165, 1.54) is 0 Å². The summed E-state index contributed by atoms with van der Waals surface area (Å²) in [4.78, 5) is 10.6. The summed E-state index contributed by atoms with van der Waals surface area (Å²) >= 11 is 0. The topological polar surface area (TPSA) is 44.8 Å². The first-order valence-electron chi connectivity index (χ1n) is 4.60. The molecule has 1 unspecified atom stereocenters. The van der Waals surface area contributed by atoms with E-state index in [-0.39, 0.29) is 6.10 Å². The summed E-state index contributed by atoms with van der Waals surface area (Å²) in [6.07, 6.45) is 1.91. The van der Waals surface area contributed by atoms with Crippen LogP contribution in [0.5, 0.6) is 0 Å². The predicted molar refractivity (Wildman–Crippen MR) is 53.1 cm³/mol. The summed E-state index contributed by atoms with van der Waals surface area (Å²) in [5, 5.41) is 0. The van der Waals surface area contributed by atoms with Gasteiger partial charge in [0.15, 0.2) is 0 Å². The molecular weight excluding hydrogens is 184 g/mol. The van der Waals surface area contributed by atoms with Crippen LogP contribution in [0.3, 0.4) is 0 Å². The largest absolute Gasteiger partial charge is 0.462 e. The van der Waals surface area contributed by atoms with Crippen molar-refractivity contribution in [3.8, 4) is 0 Å². The molecule has 82 valence electrons. The molecule has 0 saturated heterocycles. The van der Waals surface area contributed by atoms with Gasteiger partial charge in [-0.3, -0.25) is 0 Å². The molecule has 1 atom stereocenters. The summed E-state index contributed by atoms with van der Waals surface area (Å²) in [5.74, 6) is -0.394. The smallest absolute Gasteiger partial charge is 0.330 e. The zero-order valence-electron chi connectivity index (χ0n) is 8.82. The third-order valence-electron chi connectivity index (χ3n) is 1.50. The summed E-state index contributed by atoms with van der Waals surface area (Å²) < 4.78 is 15.0. The summed E-state index contributed by atoms with van der Waals surface area (Å²) in [7, 11) is 1.63. The SMILES string of the molecule is C=CC(=O)OCCCOC(C)COC. The molecule has 0 aliphatic carbocycles. The summed E-state index contributed by atoms with van der Waals surface area (Å²) in [6, 6.07) is 0. The van der Waals surface area contributed by atoms with Crippen molar-refractivity contribution in [2.75, 3.05) is 26.9 Å². The Morgan fingerprint density at radius 1 is 1.50 bits per heavy atom. The van der Waals surface area contributed by atoms with Gasteiger partial charge < -0.3 is 14.2 Å². The van der Waals surface area contributed by atoms with Crippen LogP contribution in [0.25, 0.3) is 0 Å². The Labute approximate surface area is 84.8 Å². The highest BCUT2D eigenvalue weighted by atomic mass is 16.5. The van der Waals surface area contributed by atoms with E-state index in [1.54, 1.807) is 7.11 Å². The average Bonchev–Trinajstić information content (AvgIpc) is 2.17. The minimum atomic E-state index is -0.394. The van der Waals surface area contributed by atoms with Gasteiger partial charge in [0.25, 0.3) is 0 Å². The number of ether oxygens (including phenoxy) is 3. The molecule has 0 aliphatic heterocycles. The third-order valence-corrected chi connectivity index (χ3v) is 1.50. The maximum atomic E-state index is 10.6. The first kappa shape index (κ1) is 13.1. The lowest BCUT2D eigenvalue weighted by Gasteiger charge is -2.11. The molecule has 0 N–H and O–H groups in total. The first-order chi connectivity index (χ1) is 6.70. The molecule has 4 nitrogen and oxygen atoms in total. The van der Waals surface area contributed by atoms with Gasteiger partial charge in [-0.2, -0.15) is 0 Å². The predicted octanol–water partition coefficient (Wildman–Crippen LogP) is 1.16. The number of carbonyl (C=O) groups excluding carboxylic acids is 1. The van der Waals surface area contributed by atoms with Crippen molar-refractivity contribution in [1.29, 1.82) is 0 Å². The molecule has 0 saturated carbocycles. The fourth-order valence-corrected chi connectivity index (χ4v) is 0.858. The van der Waals surface area contributed by atoms with Crippen molar-refractivity contribution in [2.24, 2.45) is 0 Å². The second kappa shape index (κ2) is 8.72. The molecule has 0 fully saturated rings. The standard InChI is InChI=1S/C10H18O4/c1-4-10(11)14-7-5-6-13-9(2)8-12-3/h4,9H,1,5-8H2,2-3H3. The molecule has 0 amide bonds. The zero-order chi connectivity index (χ0) is 10.8. The first-order valence-corrected chi connectivity index (χ1v) is 4.60. The van der Waals surface area contributed by atoms with Crippen LogP contribution < -0.4 is 0 Å². The molecule has 0 aromatic heterocycles. The molecular formula is C10H18O4. The van der Waals surface area contributed by atoms with Gasteiger partial charge in [0.2, 0.25) is 0 Å². The van der Waals surface area contributed by atoms with Crippen molar-refractivity contribution < 1.29 is 19.0 Å². The van der Waals surface area contributed by atoms with E-state index < -0.39 is 5.97 Å². The fourth-order valence-electron chi connectivity index (χ4n) is 0.858. The van der Waals surface area contributed by atoms with Crippen LogP contribution in [0.2, 0.25) is 0 Å². The average molecular weight is 202 g/mol. The van der Waals surface area contributed by atoms with E-state index in [1.807, 2.05) is 6.92 Å². The van der Waals surface area contributed by atoms with E-state index in [4.69, 9.17) is 14.2 Å². The van der Waals surface area contributed by atoms with Gasteiger partial charge in [0.1, 0.15) is 0 Å². The van der Waals surface area contributed by atoms with Gasteiger partial charge in [-0.1, -0.05) is 6.58 Å². The fraction of sp³-hybridized carbons (Fsp3) is 0.700. The van der Waals surface area contributed by atoms with Crippen LogP contribution in [0.15, 0.2) is 12.7 Å². The third kappa shape index (κ3) is 7.76. The molecule has 0 radical (unpaired) electrons. The van der Waals surface area contributed by atoms with Crippen LogP contribution in [0.4, 0.5) is 0 Å². The van der Waals surface area contributed by atoms with Gasteiger partial charge in [0, 0.05) is 19.6 Å². The van der Waals surface area contributed by atoms with Gasteiger partial charge in [-0.25, -0.2) is 4.79 Å². The van der Waals surface area contributed by atoms with Crippen molar-refractivity contribution >= 4 is 5.97 Å². The van der Waals surface area contributed by atoms with Crippen molar-refractivity contribution in [2.45, 2.75) is 19.4 Å². The molecule has 0 aromatic rings. The molecule has 0 aromatic carbocycles. The number of hydrogen-bond donors (Lipinski definition) is 0. The number of rotatable bonds is 8. The second-order valence-electron chi connectivity index (χ2n) is 2.86. The molecule has 0 rings (SSSR count). The summed E-state index contributed by atoms with van der Waals surface area (Å²) in [6.45, 7) is 6.73. The zero-order valence-corrected chi connectivity index (χ0v) is 8.82. The van der Waals surface area contributed by atoms with Gasteiger partial charge >= 0.3 is 5.97 Å². The summed E-state index contributed by atoms with van der Waals surface area (Å²) in [5.41, 5.74) is 0. The van der Waals surface area contributed by atoms with E-state index in [0.29, 0.717) is 26.2 Å². The van der Waals surface area contributed by atoms with E-state index in [9.17, 15) is 4.79 Å². The monoisotopic (exact) mass is 202 g/mol. The number of carbonyl (C=O) groups is 1. The highest BCUT2D eigenvalue weighted by Gasteiger charge is 2.00. The highest BCUT2D eigenvalue weighted by Crippen LogP contribution is 1.93. The van der Waals surface area contributed by atoms with Crippen molar-refractivity contribution in [3.63, 3.8) is 0 Å². The normalized spacial score (nSPS) is 12.1. The highest BCUT2D eigenvalue weighted by molar-refractivity contribution is 5.81. The Hall–Kier alpha value is -0.870. The Morgan fingerprint density at radius 2 is 2.21 bits per heavy atom. The molecule has 4 heteroatoms. The Bertz CT molecular complexity index is 168. The van der Waals surface area contributed by atoms with Crippen molar-refractivity contribution in [3.05, 3.63) is 12.7 Å². The maximum absolute atomic E-state index is 10.6.